The summed E-state index contributed by atoms with van der Waals surface area (Å²) in [6.07, 6.45) is 12.4. The number of ether oxygens (including phenoxy) is 6. The van der Waals surface area contributed by atoms with Crippen LogP contribution in [0.5, 0.6) is 0 Å². The molecule has 0 aliphatic carbocycles. The lowest BCUT2D eigenvalue weighted by Gasteiger charge is -2.50. The van der Waals surface area contributed by atoms with Crippen molar-refractivity contribution in [2.75, 3.05) is 26.4 Å². The zero-order valence-corrected chi connectivity index (χ0v) is 51.9. The maximum atomic E-state index is 13.4. The first-order valence-corrected chi connectivity index (χ1v) is 32.7. The Morgan fingerprint density at radius 3 is 1.58 bits per heavy atom. The number of aliphatic hydroxyl groups is 11. The van der Waals surface area contributed by atoms with E-state index in [2.05, 4.69) is 36.6 Å². The number of rotatable bonds is 48. The van der Waals surface area contributed by atoms with Crippen LogP contribution >= 0.6 is 0 Å². The predicted octanol–water partition coefficient (Wildman–Crippen LogP) is 4.50. The lowest BCUT2D eigenvalue weighted by Crippen LogP contribution is -2.70. The summed E-state index contributed by atoms with van der Waals surface area (Å²) in [6, 6.07) is -2.62. The molecule has 18 unspecified atom stereocenters. The molecule has 23 nitrogen and oxygen atoms in total. The molecule has 0 bridgehead atoms. The number of carbonyl (C=O) groups is 3. The fraction of sp³-hybridized carbons (Fsp3) is 0.889. The van der Waals surface area contributed by atoms with Gasteiger partial charge in [0.1, 0.15) is 67.1 Å². The molecule has 3 aliphatic rings. The second-order valence-electron chi connectivity index (χ2n) is 24.0. The first-order valence-electron chi connectivity index (χ1n) is 32.7. The highest BCUT2D eigenvalue weighted by Crippen LogP contribution is 2.38. The van der Waals surface area contributed by atoms with E-state index in [-0.39, 0.29) is 12.3 Å². The van der Waals surface area contributed by atoms with Crippen LogP contribution in [0.3, 0.4) is 0 Å². The van der Waals surface area contributed by atoms with Crippen LogP contribution in [0, 0.1) is 0 Å². The van der Waals surface area contributed by atoms with Gasteiger partial charge in [0, 0.05) is 19.8 Å². The summed E-state index contributed by atoms with van der Waals surface area (Å²) in [6.45, 7) is 2.10. The number of allylic oxidation sites excluding steroid dienone is 3. The lowest BCUT2D eigenvalue weighted by atomic mass is 9.88. The fourth-order valence-corrected chi connectivity index (χ4v) is 11.3. The van der Waals surface area contributed by atoms with Crippen molar-refractivity contribution in [2.45, 2.75) is 330 Å². The fourth-order valence-electron chi connectivity index (χ4n) is 11.3. The predicted molar refractivity (Wildman–Crippen MR) is 320 cm³/mol. The molecule has 3 saturated heterocycles. The summed E-state index contributed by atoms with van der Waals surface area (Å²) < 4.78 is 34.7. The summed E-state index contributed by atoms with van der Waals surface area (Å²) in [5.74, 6) is -6.15. The standard InChI is InChI=1S/C63H114N2O21/c1-4-6-8-10-12-14-16-18-19-20-21-22-23-24-25-27-29-31-33-35-37-50(73)65-44(45(70)36-34-32-30-28-26-17-15-13-11-9-7-5-2)42-81-60-55(77)54(76)57(49(41-68)83-60)84-61-56(78)59(53(75)48(40-67)82-61)86-63(62(79)80)38-46(71)51(64-43(3)69)58(85-63)52(74)47(72)39-66/h21-22,34,36,44-49,51-61,66-68,70-72,74-78H,4-20,23-33,35,37-42H2,1-3H3,(H,64,69)(H,65,73)(H,79,80)/b22-21-,36-34+. The van der Waals surface area contributed by atoms with Crippen molar-refractivity contribution in [1.82, 2.24) is 10.6 Å². The van der Waals surface area contributed by atoms with Crippen LogP contribution in [0.25, 0.3) is 0 Å². The molecule has 14 N–H and O–H groups in total. The van der Waals surface area contributed by atoms with Crippen molar-refractivity contribution in [3.8, 4) is 0 Å². The van der Waals surface area contributed by atoms with Crippen molar-refractivity contribution in [3.63, 3.8) is 0 Å². The number of hydrogen-bond acceptors (Lipinski definition) is 20. The Labute approximate surface area is 511 Å². The molecule has 2 amide bonds. The molecule has 3 fully saturated rings. The van der Waals surface area contributed by atoms with Gasteiger partial charge in [0.05, 0.1) is 50.7 Å². The van der Waals surface area contributed by atoms with Gasteiger partial charge in [0.25, 0.3) is 5.79 Å². The minimum atomic E-state index is -3.08. The van der Waals surface area contributed by atoms with E-state index in [9.17, 15) is 75.7 Å². The Balaban J connectivity index is 1.62. The molecule has 0 aromatic rings. The first-order chi connectivity index (χ1) is 41.4. The molecule has 3 heterocycles. The molecular formula is C63H114N2O21. The Morgan fingerprint density at radius 1 is 0.605 bits per heavy atom. The summed E-state index contributed by atoms with van der Waals surface area (Å²) in [5, 5.41) is 136. The average Bonchev–Trinajstić information content (AvgIpc) is 0.932. The minimum Gasteiger partial charge on any atom is -0.477 e. The number of nitrogens with one attached hydrogen (secondary N) is 2. The number of carbonyl (C=O) groups excluding carboxylic acids is 2. The van der Waals surface area contributed by atoms with Gasteiger partial charge in [0.15, 0.2) is 12.6 Å². The SMILES string of the molecule is CCCCCCCCCCC/C=C\CCCCCCCCCC(=O)NC(COC1OC(CO)C(OC2OC(CO)C(O)C(OC3(C(=O)O)CC(O)C(NC(C)=O)C(C(O)C(O)CO)O3)C2O)C(O)C1O)C(O)/C=C/CCCCCCCCCCCC. The Morgan fingerprint density at radius 2 is 1.09 bits per heavy atom. The summed E-state index contributed by atoms with van der Waals surface area (Å²) >= 11 is 0. The second-order valence-corrected chi connectivity index (χ2v) is 24.0. The van der Waals surface area contributed by atoms with E-state index in [1.54, 1.807) is 6.08 Å². The van der Waals surface area contributed by atoms with E-state index in [4.69, 9.17) is 28.4 Å². The van der Waals surface area contributed by atoms with E-state index in [0.29, 0.717) is 12.8 Å². The number of aliphatic hydroxyl groups excluding tert-OH is 11. The molecule has 3 aliphatic heterocycles. The van der Waals surface area contributed by atoms with Gasteiger partial charge in [-0.05, 0) is 44.9 Å². The lowest BCUT2D eigenvalue weighted by molar-refractivity contribution is -0.386. The number of carboxylic acids is 1. The van der Waals surface area contributed by atoms with Crippen molar-refractivity contribution < 1.29 is 104 Å². The normalized spacial score (nSPS) is 29.5. The van der Waals surface area contributed by atoms with Crippen LogP contribution in [0.1, 0.15) is 220 Å². The van der Waals surface area contributed by atoms with Gasteiger partial charge >= 0.3 is 5.97 Å². The Kier molecular flexibility index (Phi) is 40.2. The number of amides is 2. The third kappa shape index (κ3) is 27.8. The largest absolute Gasteiger partial charge is 0.477 e. The van der Waals surface area contributed by atoms with Gasteiger partial charge in [-0.1, -0.05) is 179 Å². The molecule has 23 heteroatoms. The Bertz CT molecular complexity index is 1850. The van der Waals surface area contributed by atoms with Crippen molar-refractivity contribution in [2.24, 2.45) is 0 Å². The van der Waals surface area contributed by atoms with E-state index in [1.165, 1.54) is 103 Å². The quantitative estimate of drug-likeness (QED) is 0.0294. The molecule has 0 aromatic carbocycles. The van der Waals surface area contributed by atoms with Crippen LogP contribution in [-0.2, 0) is 42.8 Å². The van der Waals surface area contributed by atoms with Gasteiger partial charge < -0.3 is 100 Å². The number of carboxylic acid groups (broad SMARTS) is 1. The third-order valence-corrected chi connectivity index (χ3v) is 16.6. The number of hydrogen-bond donors (Lipinski definition) is 14. The van der Waals surface area contributed by atoms with Crippen molar-refractivity contribution in [3.05, 3.63) is 24.3 Å². The number of unbranched alkanes of at least 4 members (excludes halogenated alkanes) is 26. The summed E-state index contributed by atoms with van der Waals surface area (Å²) in [7, 11) is 0. The van der Waals surface area contributed by atoms with Gasteiger partial charge in [0.2, 0.25) is 11.8 Å². The smallest absolute Gasteiger partial charge is 0.364 e. The van der Waals surface area contributed by atoms with Crippen molar-refractivity contribution >= 4 is 17.8 Å². The minimum absolute atomic E-state index is 0.195. The Hall–Kier alpha value is -2.79. The highest BCUT2D eigenvalue weighted by Gasteiger charge is 2.60. The molecule has 3 rings (SSSR count). The molecule has 502 valence electrons. The van der Waals surface area contributed by atoms with Crippen LogP contribution in [0.2, 0.25) is 0 Å². The zero-order valence-electron chi connectivity index (χ0n) is 51.9. The van der Waals surface area contributed by atoms with Crippen LogP contribution in [0.4, 0.5) is 0 Å². The molecular weight excluding hydrogens is 1120 g/mol. The van der Waals surface area contributed by atoms with Crippen LogP contribution in [0.15, 0.2) is 24.3 Å². The van der Waals surface area contributed by atoms with Gasteiger partial charge in [-0.25, -0.2) is 4.79 Å². The van der Waals surface area contributed by atoms with E-state index in [1.807, 2.05) is 6.08 Å². The average molecular weight is 1240 g/mol. The van der Waals surface area contributed by atoms with Crippen LogP contribution < -0.4 is 10.6 Å². The second kappa shape index (κ2) is 44.6. The highest BCUT2D eigenvalue weighted by atomic mass is 16.8. The molecule has 86 heavy (non-hydrogen) atoms. The molecule has 0 spiro atoms. The summed E-state index contributed by atoms with van der Waals surface area (Å²) in [4.78, 5) is 38.4. The van der Waals surface area contributed by atoms with Crippen LogP contribution in [-0.4, -0.2) is 215 Å². The van der Waals surface area contributed by atoms with Gasteiger partial charge in [-0.3, -0.25) is 9.59 Å². The van der Waals surface area contributed by atoms with E-state index in [0.717, 1.165) is 77.6 Å². The molecule has 0 radical (unpaired) electrons. The summed E-state index contributed by atoms with van der Waals surface area (Å²) in [5.41, 5.74) is 0. The zero-order chi connectivity index (χ0) is 63.3. The maximum Gasteiger partial charge on any atom is 0.364 e. The monoisotopic (exact) mass is 1230 g/mol. The topological polar surface area (TPSA) is 373 Å². The van der Waals surface area contributed by atoms with Gasteiger partial charge in [-0.2, -0.15) is 0 Å². The first kappa shape index (κ1) is 77.5. The molecule has 0 aromatic heterocycles. The number of aliphatic carboxylic acids is 1. The van der Waals surface area contributed by atoms with E-state index >= 15 is 0 Å². The maximum absolute atomic E-state index is 13.4. The van der Waals surface area contributed by atoms with Gasteiger partial charge in [-0.15, -0.1) is 0 Å². The molecule has 0 saturated carbocycles. The molecule has 18 atom stereocenters. The van der Waals surface area contributed by atoms with E-state index < -0.39 is 155 Å². The third-order valence-electron chi connectivity index (χ3n) is 16.6. The highest BCUT2D eigenvalue weighted by molar-refractivity contribution is 5.77. The van der Waals surface area contributed by atoms with Crippen molar-refractivity contribution in [1.29, 1.82) is 0 Å².